The third-order valence-electron chi connectivity index (χ3n) is 5.17. The summed E-state index contributed by atoms with van der Waals surface area (Å²) >= 11 is 0. The zero-order valence-corrected chi connectivity index (χ0v) is 16.7. The molecule has 0 radical (unpaired) electrons. The fourth-order valence-electron chi connectivity index (χ4n) is 3.61. The van der Waals surface area contributed by atoms with Crippen LogP contribution in [0.1, 0.15) is 22.5 Å². The molecule has 0 fully saturated rings. The lowest BCUT2D eigenvalue weighted by Crippen LogP contribution is -2.01. The first kappa shape index (κ1) is 18.8. The molecule has 0 bridgehead atoms. The summed E-state index contributed by atoms with van der Waals surface area (Å²) in [6.45, 7) is 0. The molecule has 0 unspecified atom stereocenters. The predicted octanol–water partition coefficient (Wildman–Crippen LogP) is 4.38. The fraction of sp³-hybridized carbons (Fsp3) is 0.0800. The molecule has 0 atom stereocenters. The maximum absolute atomic E-state index is 11.0. The molecular formula is C25H20N4O2. The van der Waals surface area contributed by atoms with Crippen LogP contribution in [0, 0.1) is 0 Å². The highest BCUT2D eigenvalue weighted by Crippen LogP contribution is 2.28. The first-order valence-corrected chi connectivity index (χ1v) is 10.0. The minimum Gasteiger partial charge on any atom is -0.508 e. The highest BCUT2D eigenvalue weighted by molar-refractivity contribution is 5.60. The molecule has 2 aromatic carbocycles. The summed E-state index contributed by atoms with van der Waals surface area (Å²) in [6.07, 6.45) is 4.52. The van der Waals surface area contributed by atoms with Crippen LogP contribution in [-0.2, 0) is 12.8 Å². The summed E-state index contributed by atoms with van der Waals surface area (Å²) in [5.74, 6) is 0.286. The largest absolute Gasteiger partial charge is 0.508 e. The zero-order valence-electron chi connectivity index (χ0n) is 16.7. The van der Waals surface area contributed by atoms with Crippen molar-refractivity contribution in [1.29, 1.82) is 0 Å². The van der Waals surface area contributed by atoms with Crippen molar-refractivity contribution in [3.63, 3.8) is 0 Å². The second-order valence-corrected chi connectivity index (χ2v) is 7.37. The number of pyridine rings is 1. The molecule has 152 valence electrons. The average Bonchev–Trinajstić information content (AvgIpc) is 3.12. The van der Waals surface area contributed by atoms with Crippen LogP contribution >= 0.6 is 0 Å². The normalized spacial score (nSPS) is 11.1. The number of rotatable bonds is 5. The quantitative estimate of drug-likeness (QED) is 0.451. The molecule has 0 aliphatic heterocycles. The van der Waals surface area contributed by atoms with E-state index >= 15 is 0 Å². The molecule has 3 aromatic heterocycles. The van der Waals surface area contributed by atoms with E-state index in [4.69, 9.17) is 9.97 Å². The number of benzene rings is 2. The van der Waals surface area contributed by atoms with Crippen molar-refractivity contribution in [3.05, 3.63) is 108 Å². The third kappa shape index (κ3) is 3.83. The molecular weight excluding hydrogens is 388 g/mol. The smallest absolute Gasteiger partial charge is 0.219 e. The lowest BCUT2D eigenvalue weighted by atomic mass is 10.1. The van der Waals surface area contributed by atoms with Crippen LogP contribution in [-0.4, -0.2) is 29.6 Å². The van der Waals surface area contributed by atoms with Gasteiger partial charge in [-0.15, -0.1) is 0 Å². The second kappa shape index (κ2) is 7.91. The van der Waals surface area contributed by atoms with Gasteiger partial charge in [0.1, 0.15) is 17.1 Å². The van der Waals surface area contributed by atoms with Gasteiger partial charge >= 0.3 is 0 Å². The van der Waals surface area contributed by atoms with Crippen molar-refractivity contribution in [3.8, 4) is 23.0 Å². The number of fused-ring (bicyclic) bond motifs is 1. The van der Waals surface area contributed by atoms with Gasteiger partial charge in [0.05, 0.1) is 11.4 Å². The molecule has 3 heterocycles. The van der Waals surface area contributed by atoms with Gasteiger partial charge in [-0.25, -0.2) is 9.97 Å². The Hall–Kier alpha value is -4.19. The third-order valence-corrected chi connectivity index (χ3v) is 5.17. The van der Waals surface area contributed by atoms with Crippen molar-refractivity contribution >= 4 is 5.65 Å². The van der Waals surface area contributed by atoms with E-state index < -0.39 is 0 Å². The van der Waals surface area contributed by atoms with Gasteiger partial charge in [-0.05, 0) is 35.4 Å². The summed E-state index contributed by atoms with van der Waals surface area (Å²) in [6, 6.07) is 22.6. The van der Waals surface area contributed by atoms with Gasteiger partial charge in [0.15, 0.2) is 5.65 Å². The lowest BCUT2D eigenvalue weighted by molar-refractivity contribution is 0.442. The number of hydrogen-bond acceptors (Lipinski definition) is 5. The SMILES string of the molecule is Oc1ccc(Cc2nc3c(Cc4ccccc4)nc(-c4ccccn4)cn3c2O)cc1. The van der Waals surface area contributed by atoms with Gasteiger partial charge in [-0.1, -0.05) is 48.5 Å². The summed E-state index contributed by atoms with van der Waals surface area (Å²) in [5.41, 5.74) is 5.39. The van der Waals surface area contributed by atoms with Crippen LogP contribution in [0.2, 0.25) is 0 Å². The monoisotopic (exact) mass is 408 g/mol. The van der Waals surface area contributed by atoms with E-state index in [1.165, 1.54) is 0 Å². The molecule has 0 aliphatic rings. The highest BCUT2D eigenvalue weighted by atomic mass is 16.3. The fourth-order valence-corrected chi connectivity index (χ4v) is 3.61. The Morgan fingerprint density at radius 1 is 0.677 bits per heavy atom. The van der Waals surface area contributed by atoms with Crippen molar-refractivity contribution < 1.29 is 10.2 Å². The molecule has 6 nitrogen and oxygen atoms in total. The van der Waals surface area contributed by atoms with E-state index in [0.717, 1.165) is 22.5 Å². The van der Waals surface area contributed by atoms with Gasteiger partial charge in [-0.2, -0.15) is 0 Å². The van der Waals surface area contributed by atoms with Gasteiger partial charge in [0, 0.05) is 25.2 Å². The number of aromatic hydroxyl groups is 2. The average molecular weight is 408 g/mol. The minimum atomic E-state index is 0.0805. The Morgan fingerprint density at radius 3 is 2.13 bits per heavy atom. The van der Waals surface area contributed by atoms with Crippen LogP contribution in [0.3, 0.4) is 0 Å². The van der Waals surface area contributed by atoms with Crippen molar-refractivity contribution in [2.75, 3.05) is 0 Å². The number of nitrogens with zero attached hydrogens (tertiary/aromatic N) is 4. The standard InChI is InChI=1S/C25H20N4O2/c30-19-11-9-18(10-12-19)15-22-25(31)29-16-23(20-8-4-5-13-26-20)27-21(24(29)28-22)14-17-6-2-1-3-7-17/h1-13,16,30-31H,14-15H2. The second-order valence-electron chi connectivity index (χ2n) is 7.37. The number of phenols is 1. The Balaban J connectivity index is 1.64. The topological polar surface area (TPSA) is 83.5 Å². The van der Waals surface area contributed by atoms with E-state index in [2.05, 4.69) is 4.98 Å². The Labute approximate surface area is 179 Å². The lowest BCUT2D eigenvalue weighted by Gasteiger charge is -2.08. The maximum atomic E-state index is 11.0. The van der Waals surface area contributed by atoms with Crippen LogP contribution < -0.4 is 0 Å². The Kier molecular flexibility index (Phi) is 4.80. The van der Waals surface area contributed by atoms with Crippen LogP contribution in [0.4, 0.5) is 0 Å². The van der Waals surface area contributed by atoms with E-state index in [9.17, 15) is 10.2 Å². The molecule has 2 N–H and O–H groups in total. The van der Waals surface area contributed by atoms with Crippen LogP contribution in [0.5, 0.6) is 11.6 Å². The van der Waals surface area contributed by atoms with Gasteiger partial charge in [0.2, 0.25) is 5.88 Å². The molecule has 5 rings (SSSR count). The van der Waals surface area contributed by atoms with Gasteiger partial charge < -0.3 is 10.2 Å². The molecule has 0 amide bonds. The van der Waals surface area contributed by atoms with E-state index in [1.54, 1.807) is 28.9 Å². The number of imidazole rings is 1. The van der Waals surface area contributed by atoms with Crippen molar-refractivity contribution in [1.82, 2.24) is 19.4 Å². The Morgan fingerprint density at radius 2 is 1.39 bits per heavy atom. The number of aromatic nitrogens is 4. The van der Waals surface area contributed by atoms with Crippen molar-refractivity contribution in [2.45, 2.75) is 12.8 Å². The van der Waals surface area contributed by atoms with Crippen molar-refractivity contribution in [2.24, 2.45) is 0 Å². The first-order chi connectivity index (χ1) is 15.2. The number of hydrogen-bond donors (Lipinski definition) is 2. The summed E-state index contributed by atoms with van der Waals surface area (Å²) in [5, 5.41) is 20.5. The maximum Gasteiger partial charge on any atom is 0.219 e. The van der Waals surface area contributed by atoms with Gasteiger partial charge in [-0.3, -0.25) is 9.38 Å². The van der Waals surface area contributed by atoms with E-state index in [1.807, 2.05) is 60.7 Å². The van der Waals surface area contributed by atoms with Crippen LogP contribution in [0.25, 0.3) is 17.0 Å². The summed E-state index contributed by atoms with van der Waals surface area (Å²) in [7, 11) is 0. The Bertz CT molecular complexity index is 1330. The van der Waals surface area contributed by atoms with Crippen LogP contribution in [0.15, 0.2) is 85.2 Å². The molecule has 0 saturated heterocycles. The predicted molar refractivity (Wildman–Crippen MR) is 118 cm³/mol. The zero-order chi connectivity index (χ0) is 21.2. The van der Waals surface area contributed by atoms with E-state index in [0.29, 0.717) is 29.9 Å². The number of phenolic OH excluding ortho intramolecular Hbond substituents is 1. The van der Waals surface area contributed by atoms with E-state index in [-0.39, 0.29) is 11.6 Å². The molecule has 5 aromatic rings. The molecule has 0 aliphatic carbocycles. The molecule has 0 saturated carbocycles. The minimum absolute atomic E-state index is 0.0805. The van der Waals surface area contributed by atoms with Gasteiger partial charge in [0.25, 0.3) is 0 Å². The molecule has 0 spiro atoms. The molecule has 6 heteroatoms. The summed E-state index contributed by atoms with van der Waals surface area (Å²) in [4.78, 5) is 14.0. The summed E-state index contributed by atoms with van der Waals surface area (Å²) < 4.78 is 1.69. The first-order valence-electron chi connectivity index (χ1n) is 10.0. The highest BCUT2D eigenvalue weighted by Gasteiger charge is 2.18. The molecule has 31 heavy (non-hydrogen) atoms.